The van der Waals surface area contributed by atoms with E-state index in [1.807, 2.05) is 56.3 Å². The molecular formula is C27H25N3O3. The van der Waals surface area contributed by atoms with Crippen LogP contribution in [-0.4, -0.2) is 21.9 Å². The third-order valence-electron chi connectivity index (χ3n) is 5.54. The molecule has 6 heteroatoms. The molecule has 0 unspecified atom stereocenters. The largest absolute Gasteiger partial charge is 0.372 e. The van der Waals surface area contributed by atoms with Gasteiger partial charge in [0.2, 0.25) is 5.91 Å². The number of fused-ring (bicyclic) bond motifs is 1. The Morgan fingerprint density at radius 1 is 0.848 bits per heavy atom. The first-order chi connectivity index (χ1) is 15.8. The summed E-state index contributed by atoms with van der Waals surface area (Å²) >= 11 is 0. The predicted octanol–water partition coefficient (Wildman–Crippen LogP) is 4.17. The Bertz CT molecular complexity index is 1300. The highest BCUT2D eigenvalue weighted by molar-refractivity contribution is 5.98. The second kappa shape index (κ2) is 8.84. The number of nitrogens with one attached hydrogen (secondary N) is 1. The Hall–Kier alpha value is -4.03. The lowest BCUT2D eigenvalue weighted by Gasteiger charge is -2.31. The number of benzene rings is 3. The van der Waals surface area contributed by atoms with Gasteiger partial charge in [-0.2, -0.15) is 0 Å². The van der Waals surface area contributed by atoms with E-state index >= 15 is 0 Å². The van der Waals surface area contributed by atoms with E-state index < -0.39 is 17.4 Å². The highest BCUT2D eigenvalue weighted by Gasteiger charge is 2.41. The maximum atomic E-state index is 13.7. The molecule has 4 rings (SSSR count). The second-order valence-corrected chi connectivity index (χ2v) is 8.11. The molecule has 0 aliphatic rings. The van der Waals surface area contributed by atoms with Crippen LogP contribution in [0.4, 0.5) is 5.82 Å². The summed E-state index contributed by atoms with van der Waals surface area (Å²) in [6.45, 7) is 5.10. The molecule has 1 heterocycles. The molecule has 0 atom stereocenters. The molecule has 0 bridgehead atoms. The molecule has 3 aromatic carbocycles. The summed E-state index contributed by atoms with van der Waals surface area (Å²) in [5, 5.41) is 13.8. The fraction of sp³-hybridized carbons (Fsp3) is 0.148. The van der Waals surface area contributed by atoms with Gasteiger partial charge in [0, 0.05) is 12.3 Å². The van der Waals surface area contributed by atoms with Crippen molar-refractivity contribution in [3.8, 4) is 0 Å². The molecule has 2 amide bonds. The SMILES string of the molecule is CC(=O)N(NC(=O)C(O)(c1cccc(C)c1)c1cccc(C)c1)c1ccc2ccccc2n1. The quantitative estimate of drug-likeness (QED) is 0.468. The second-order valence-electron chi connectivity index (χ2n) is 8.11. The summed E-state index contributed by atoms with van der Waals surface area (Å²) in [4.78, 5) is 30.7. The molecule has 33 heavy (non-hydrogen) atoms. The topological polar surface area (TPSA) is 82.5 Å². The number of para-hydroxylation sites is 1. The van der Waals surface area contributed by atoms with Crippen LogP contribution in [-0.2, 0) is 15.2 Å². The normalized spacial score (nSPS) is 11.3. The number of hydrogen-bond acceptors (Lipinski definition) is 4. The van der Waals surface area contributed by atoms with Crippen molar-refractivity contribution in [1.82, 2.24) is 10.4 Å². The monoisotopic (exact) mass is 439 g/mol. The molecule has 0 radical (unpaired) electrons. The molecule has 0 saturated carbocycles. The minimum Gasteiger partial charge on any atom is -0.372 e. The average molecular weight is 440 g/mol. The molecule has 1 aromatic heterocycles. The van der Waals surface area contributed by atoms with Crippen molar-refractivity contribution < 1.29 is 14.7 Å². The van der Waals surface area contributed by atoms with E-state index in [1.165, 1.54) is 6.92 Å². The first-order valence-electron chi connectivity index (χ1n) is 10.6. The van der Waals surface area contributed by atoms with E-state index in [4.69, 9.17) is 0 Å². The Morgan fingerprint density at radius 3 is 2.03 bits per heavy atom. The first kappa shape index (κ1) is 22.2. The van der Waals surface area contributed by atoms with E-state index in [9.17, 15) is 14.7 Å². The van der Waals surface area contributed by atoms with E-state index in [1.54, 1.807) is 42.5 Å². The number of aromatic nitrogens is 1. The van der Waals surface area contributed by atoms with Crippen LogP contribution in [0.2, 0.25) is 0 Å². The van der Waals surface area contributed by atoms with Gasteiger partial charge < -0.3 is 5.11 Å². The van der Waals surface area contributed by atoms with Crippen LogP contribution in [0, 0.1) is 13.8 Å². The molecule has 0 spiro atoms. The summed E-state index contributed by atoms with van der Waals surface area (Å²) < 4.78 is 0. The van der Waals surface area contributed by atoms with Gasteiger partial charge in [0.1, 0.15) is 0 Å². The van der Waals surface area contributed by atoms with Gasteiger partial charge in [0.15, 0.2) is 11.4 Å². The summed E-state index contributed by atoms with van der Waals surface area (Å²) in [6.07, 6.45) is 0. The van der Waals surface area contributed by atoms with Crippen molar-refractivity contribution in [3.05, 3.63) is 107 Å². The van der Waals surface area contributed by atoms with Gasteiger partial charge in [0.05, 0.1) is 5.52 Å². The van der Waals surface area contributed by atoms with Crippen molar-refractivity contribution in [2.75, 3.05) is 5.01 Å². The first-order valence-corrected chi connectivity index (χ1v) is 10.6. The zero-order chi connectivity index (χ0) is 23.6. The number of carbonyl (C=O) groups is 2. The van der Waals surface area contributed by atoms with Gasteiger partial charge in [0.25, 0.3) is 5.91 Å². The maximum absolute atomic E-state index is 13.7. The van der Waals surface area contributed by atoms with E-state index in [-0.39, 0.29) is 5.82 Å². The third-order valence-corrected chi connectivity index (χ3v) is 5.54. The third kappa shape index (κ3) is 4.33. The van der Waals surface area contributed by atoms with Crippen molar-refractivity contribution in [1.29, 1.82) is 0 Å². The number of rotatable bonds is 4. The molecule has 4 aromatic rings. The van der Waals surface area contributed by atoms with Crippen molar-refractivity contribution in [3.63, 3.8) is 0 Å². The number of anilines is 1. The van der Waals surface area contributed by atoms with Gasteiger partial charge in [-0.15, -0.1) is 0 Å². The number of hydrazine groups is 1. The van der Waals surface area contributed by atoms with Crippen molar-refractivity contribution in [2.45, 2.75) is 26.4 Å². The van der Waals surface area contributed by atoms with Crippen LogP contribution in [0.3, 0.4) is 0 Å². The molecule has 0 fully saturated rings. The minimum absolute atomic E-state index is 0.255. The fourth-order valence-electron chi connectivity index (χ4n) is 3.83. The number of pyridine rings is 1. The van der Waals surface area contributed by atoms with Crippen LogP contribution in [0.25, 0.3) is 10.9 Å². The number of amides is 2. The summed E-state index contributed by atoms with van der Waals surface area (Å²) in [6, 6.07) is 25.2. The van der Waals surface area contributed by atoms with Gasteiger partial charge >= 0.3 is 0 Å². The van der Waals surface area contributed by atoms with Crippen LogP contribution >= 0.6 is 0 Å². The standard InChI is InChI=1S/C27H25N3O3/c1-18-8-6-11-22(16-18)27(33,23-12-7-9-19(2)17-23)26(32)29-30(20(3)31)25-15-14-21-10-4-5-13-24(21)28-25/h4-17,33H,1-3H3,(H,29,32). The van der Waals surface area contributed by atoms with E-state index in [0.29, 0.717) is 16.6 Å². The Balaban J connectivity index is 1.78. The highest BCUT2D eigenvalue weighted by Crippen LogP contribution is 2.31. The van der Waals surface area contributed by atoms with Crippen molar-refractivity contribution >= 4 is 28.5 Å². The van der Waals surface area contributed by atoms with Crippen molar-refractivity contribution in [2.24, 2.45) is 0 Å². The van der Waals surface area contributed by atoms with Gasteiger partial charge in [-0.1, -0.05) is 77.9 Å². The highest BCUT2D eigenvalue weighted by atomic mass is 16.3. The Labute approximate surface area is 192 Å². The maximum Gasteiger partial charge on any atom is 0.280 e. The molecule has 0 aliphatic heterocycles. The molecule has 6 nitrogen and oxygen atoms in total. The smallest absolute Gasteiger partial charge is 0.280 e. The van der Waals surface area contributed by atoms with E-state index in [0.717, 1.165) is 21.5 Å². The van der Waals surface area contributed by atoms with Gasteiger partial charge in [-0.05, 0) is 43.2 Å². The summed E-state index contributed by atoms with van der Waals surface area (Å²) in [7, 11) is 0. The summed E-state index contributed by atoms with van der Waals surface area (Å²) in [5.74, 6) is -0.948. The Kier molecular flexibility index (Phi) is 5.94. The lowest BCUT2D eigenvalue weighted by Crippen LogP contribution is -2.54. The van der Waals surface area contributed by atoms with Gasteiger partial charge in [-0.3, -0.25) is 15.0 Å². The number of nitrogens with zero attached hydrogens (tertiary/aromatic N) is 2. The minimum atomic E-state index is -2.03. The van der Waals surface area contributed by atoms with E-state index in [2.05, 4.69) is 10.4 Å². The average Bonchev–Trinajstić information content (AvgIpc) is 2.81. The molecular weight excluding hydrogens is 414 g/mol. The van der Waals surface area contributed by atoms with Crippen LogP contribution in [0.5, 0.6) is 0 Å². The van der Waals surface area contributed by atoms with Gasteiger partial charge in [-0.25, -0.2) is 9.99 Å². The zero-order valence-electron chi connectivity index (χ0n) is 18.7. The summed E-state index contributed by atoms with van der Waals surface area (Å²) in [5.41, 5.74) is 3.86. The Morgan fingerprint density at radius 2 is 1.45 bits per heavy atom. The lowest BCUT2D eigenvalue weighted by molar-refractivity contribution is -0.138. The molecule has 2 N–H and O–H groups in total. The molecule has 0 saturated heterocycles. The number of aryl methyl sites for hydroxylation is 2. The van der Waals surface area contributed by atoms with Crippen LogP contribution in [0.1, 0.15) is 29.2 Å². The molecule has 0 aliphatic carbocycles. The fourth-order valence-corrected chi connectivity index (χ4v) is 3.83. The number of aliphatic hydroxyl groups is 1. The number of hydrogen-bond donors (Lipinski definition) is 2. The number of carbonyl (C=O) groups excluding carboxylic acids is 2. The van der Waals surface area contributed by atoms with Crippen LogP contribution < -0.4 is 10.4 Å². The zero-order valence-corrected chi connectivity index (χ0v) is 18.7. The predicted molar refractivity (Wildman–Crippen MR) is 128 cm³/mol. The molecule has 166 valence electrons. The lowest BCUT2D eigenvalue weighted by atomic mass is 9.84. The van der Waals surface area contributed by atoms with Crippen LogP contribution in [0.15, 0.2) is 84.9 Å².